The van der Waals surface area contributed by atoms with Crippen LogP contribution >= 0.6 is 0 Å². The Balaban J connectivity index is 2.03. The summed E-state index contributed by atoms with van der Waals surface area (Å²) in [4.78, 5) is 12.5. The van der Waals surface area contributed by atoms with Gasteiger partial charge in [-0.3, -0.25) is 4.79 Å². The molecule has 2 nitrogen and oxygen atoms in total. The molecule has 1 aromatic carbocycles. The van der Waals surface area contributed by atoms with E-state index in [-0.39, 0.29) is 18.0 Å². The van der Waals surface area contributed by atoms with Gasteiger partial charge in [0.25, 0.3) is 0 Å². The van der Waals surface area contributed by atoms with Gasteiger partial charge >= 0.3 is 0 Å². The fourth-order valence-electron chi connectivity index (χ4n) is 3.07. The number of benzene rings is 1. The van der Waals surface area contributed by atoms with E-state index in [1.807, 2.05) is 39.0 Å². The van der Waals surface area contributed by atoms with Gasteiger partial charge in [-0.15, -0.1) is 0 Å². The summed E-state index contributed by atoms with van der Waals surface area (Å²) in [5.41, 5.74) is 2.96. The van der Waals surface area contributed by atoms with Crippen molar-refractivity contribution in [1.29, 1.82) is 0 Å². The zero-order valence-electron chi connectivity index (χ0n) is 13.1. The van der Waals surface area contributed by atoms with Crippen LogP contribution in [0.5, 0.6) is 0 Å². The Morgan fingerprint density at radius 2 is 2.05 bits per heavy atom. The lowest BCUT2D eigenvalue weighted by atomic mass is 9.88. The quantitative estimate of drug-likeness (QED) is 0.757. The number of ketones is 1. The second-order valence-corrected chi connectivity index (χ2v) is 6.35. The van der Waals surface area contributed by atoms with E-state index in [1.165, 1.54) is 12.8 Å². The molecule has 0 amide bonds. The van der Waals surface area contributed by atoms with Gasteiger partial charge in [0, 0.05) is 5.56 Å². The van der Waals surface area contributed by atoms with E-state index in [4.69, 9.17) is 4.74 Å². The van der Waals surface area contributed by atoms with Crippen molar-refractivity contribution in [1.82, 2.24) is 0 Å². The predicted molar refractivity (Wildman–Crippen MR) is 82.2 cm³/mol. The van der Waals surface area contributed by atoms with Crippen LogP contribution in [-0.2, 0) is 4.74 Å². The first kappa shape index (κ1) is 15.2. The molecule has 1 saturated carbocycles. The fourth-order valence-corrected chi connectivity index (χ4v) is 3.07. The molecule has 0 saturated heterocycles. The Hall–Kier alpha value is -1.15. The van der Waals surface area contributed by atoms with Gasteiger partial charge in [-0.05, 0) is 51.2 Å². The molecular formula is C18H26O2. The van der Waals surface area contributed by atoms with Crippen LogP contribution in [0.25, 0.3) is 0 Å². The molecular weight excluding hydrogens is 248 g/mol. The van der Waals surface area contributed by atoms with Crippen LogP contribution in [0, 0.1) is 19.8 Å². The monoisotopic (exact) mass is 274 g/mol. The molecule has 3 atom stereocenters. The van der Waals surface area contributed by atoms with Crippen molar-refractivity contribution in [2.75, 3.05) is 0 Å². The maximum absolute atomic E-state index is 12.5. The molecule has 110 valence electrons. The van der Waals surface area contributed by atoms with Crippen molar-refractivity contribution in [3.8, 4) is 0 Å². The van der Waals surface area contributed by atoms with Crippen molar-refractivity contribution in [3.63, 3.8) is 0 Å². The SMILES string of the molecule is Cc1ccc(C)c(C(=O)C(C)OC2CCCC(C)C2)c1. The van der Waals surface area contributed by atoms with Crippen molar-refractivity contribution in [2.45, 2.75) is 65.6 Å². The third-order valence-corrected chi connectivity index (χ3v) is 4.31. The van der Waals surface area contributed by atoms with Crippen molar-refractivity contribution < 1.29 is 9.53 Å². The smallest absolute Gasteiger partial charge is 0.191 e. The van der Waals surface area contributed by atoms with E-state index in [9.17, 15) is 4.79 Å². The topological polar surface area (TPSA) is 26.3 Å². The minimum absolute atomic E-state index is 0.115. The van der Waals surface area contributed by atoms with Gasteiger partial charge in [0.2, 0.25) is 0 Å². The van der Waals surface area contributed by atoms with Gasteiger partial charge in [-0.25, -0.2) is 0 Å². The highest BCUT2D eigenvalue weighted by atomic mass is 16.5. The van der Waals surface area contributed by atoms with Crippen LogP contribution in [-0.4, -0.2) is 18.0 Å². The molecule has 0 bridgehead atoms. The average molecular weight is 274 g/mol. The Morgan fingerprint density at radius 1 is 1.30 bits per heavy atom. The van der Waals surface area contributed by atoms with Crippen molar-refractivity contribution >= 4 is 5.78 Å². The summed E-state index contributed by atoms with van der Waals surface area (Å²) in [5, 5.41) is 0. The second kappa shape index (κ2) is 6.53. The third-order valence-electron chi connectivity index (χ3n) is 4.31. The molecule has 0 aromatic heterocycles. The molecule has 1 aliphatic carbocycles. The summed E-state index contributed by atoms with van der Waals surface area (Å²) in [7, 11) is 0. The van der Waals surface area contributed by atoms with E-state index in [2.05, 4.69) is 6.92 Å². The summed E-state index contributed by atoms with van der Waals surface area (Å²) in [6, 6.07) is 6.03. The second-order valence-electron chi connectivity index (χ2n) is 6.35. The summed E-state index contributed by atoms with van der Waals surface area (Å²) in [6.07, 6.45) is 4.60. The molecule has 0 N–H and O–H groups in total. The average Bonchev–Trinajstić information content (AvgIpc) is 2.40. The molecule has 1 aromatic rings. The van der Waals surface area contributed by atoms with E-state index in [1.54, 1.807) is 0 Å². The maximum atomic E-state index is 12.5. The van der Waals surface area contributed by atoms with Gasteiger partial charge < -0.3 is 4.74 Å². The van der Waals surface area contributed by atoms with Gasteiger partial charge in [-0.1, -0.05) is 37.5 Å². The van der Waals surface area contributed by atoms with E-state index < -0.39 is 0 Å². The standard InChI is InChI=1S/C18H26O2/c1-12-6-5-7-16(10-12)20-15(4)18(19)17-11-13(2)8-9-14(17)3/h8-9,11-12,15-16H,5-7,10H2,1-4H3. The van der Waals surface area contributed by atoms with Crippen LogP contribution in [0.2, 0.25) is 0 Å². The van der Waals surface area contributed by atoms with E-state index in [0.717, 1.165) is 35.4 Å². The van der Waals surface area contributed by atoms with Crippen LogP contribution < -0.4 is 0 Å². The van der Waals surface area contributed by atoms with Crippen LogP contribution in [0.15, 0.2) is 18.2 Å². The third kappa shape index (κ3) is 3.69. The molecule has 20 heavy (non-hydrogen) atoms. The lowest BCUT2D eigenvalue weighted by Gasteiger charge is -2.29. The molecule has 2 rings (SSSR count). The van der Waals surface area contributed by atoms with Gasteiger partial charge in [0.05, 0.1) is 6.10 Å². The Kier molecular flexibility index (Phi) is 4.98. The highest BCUT2D eigenvalue weighted by Gasteiger charge is 2.25. The molecule has 0 aliphatic heterocycles. The summed E-state index contributed by atoms with van der Waals surface area (Å²) < 4.78 is 6.02. The number of ether oxygens (including phenoxy) is 1. The molecule has 3 unspecified atom stereocenters. The number of hydrogen-bond donors (Lipinski definition) is 0. The van der Waals surface area contributed by atoms with Crippen molar-refractivity contribution in [2.24, 2.45) is 5.92 Å². The minimum Gasteiger partial charge on any atom is -0.367 e. The molecule has 0 radical (unpaired) electrons. The van der Waals surface area contributed by atoms with Gasteiger partial charge in [-0.2, -0.15) is 0 Å². The number of hydrogen-bond acceptors (Lipinski definition) is 2. The lowest BCUT2D eigenvalue weighted by molar-refractivity contribution is -0.0200. The highest BCUT2D eigenvalue weighted by molar-refractivity contribution is 6.00. The van der Waals surface area contributed by atoms with Crippen molar-refractivity contribution in [3.05, 3.63) is 34.9 Å². The summed E-state index contributed by atoms with van der Waals surface area (Å²) in [5.74, 6) is 0.834. The zero-order valence-corrected chi connectivity index (χ0v) is 13.1. The molecule has 0 heterocycles. The summed E-state index contributed by atoms with van der Waals surface area (Å²) in [6.45, 7) is 8.17. The van der Waals surface area contributed by atoms with Crippen LogP contribution in [0.3, 0.4) is 0 Å². The zero-order chi connectivity index (χ0) is 14.7. The van der Waals surface area contributed by atoms with E-state index in [0.29, 0.717) is 0 Å². The molecule has 0 spiro atoms. The maximum Gasteiger partial charge on any atom is 0.191 e. The predicted octanol–water partition coefficient (Wildman–Crippen LogP) is 4.47. The number of carbonyl (C=O) groups excluding carboxylic acids is 1. The first-order valence-corrected chi connectivity index (χ1v) is 7.74. The number of Topliss-reactive ketones (excluding diaryl/α,β-unsaturated/α-hetero) is 1. The molecule has 1 aliphatic rings. The number of rotatable bonds is 4. The van der Waals surface area contributed by atoms with Crippen LogP contribution in [0.4, 0.5) is 0 Å². The fraction of sp³-hybridized carbons (Fsp3) is 0.611. The largest absolute Gasteiger partial charge is 0.367 e. The molecule has 2 heteroatoms. The number of carbonyl (C=O) groups is 1. The Labute approximate surface area is 122 Å². The van der Waals surface area contributed by atoms with E-state index >= 15 is 0 Å². The van der Waals surface area contributed by atoms with Gasteiger partial charge in [0.15, 0.2) is 5.78 Å². The lowest BCUT2D eigenvalue weighted by Crippen LogP contribution is -2.30. The Bertz CT molecular complexity index is 478. The summed E-state index contributed by atoms with van der Waals surface area (Å²) >= 11 is 0. The highest BCUT2D eigenvalue weighted by Crippen LogP contribution is 2.27. The first-order chi connectivity index (χ1) is 9.47. The first-order valence-electron chi connectivity index (χ1n) is 7.74. The Morgan fingerprint density at radius 3 is 2.75 bits per heavy atom. The minimum atomic E-state index is -0.342. The number of aryl methyl sites for hydroxylation is 2. The normalized spacial score (nSPS) is 24.4. The van der Waals surface area contributed by atoms with Crippen LogP contribution in [0.1, 0.15) is 61.0 Å². The van der Waals surface area contributed by atoms with Gasteiger partial charge in [0.1, 0.15) is 6.10 Å². The molecule has 1 fully saturated rings.